The normalized spacial score (nSPS) is 30.8. The summed E-state index contributed by atoms with van der Waals surface area (Å²) in [5.41, 5.74) is 1.98. The van der Waals surface area contributed by atoms with E-state index >= 15 is 0 Å². The second-order valence-electron chi connectivity index (χ2n) is 10.3. The zero-order valence-electron chi connectivity index (χ0n) is 20.3. The van der Waals surface area contributed by atoms with Crippen LogP contribution in [0.2, 0.25) is 0 Å². The van der Waals surface area contributed by atoms with Crippen LogP contribution in [0.1, 0.15) is 40.1 Å². The van der Waals surface area contributed by atoms with E-state index in [1.165, 1.54) is 9.78 Å². The highest BCUT2D eigenvalue weighted by atomic mass is 32.2. The Morgan fingerprint density at radius 1 is 1.08 bits per heavy atom. The maximum absolute atomic E-state index is 13.9. The van der Waals surface area contributed by atoms with E-state index in [-0.39, 0.29) is 64.9 Å². The molecule has 7 atom stereocenters. The minimum absolute atomic E-state index is 0.0477. The Morgan fingerprint density at radius 3 is 2.45 bits per heavy atom. The number of phenolic OH excluding ortho intramolecular Hbond substituents is 1. The standard InChI is InChI=1S/C28H24N2O5S3/c1-2-35-27(34)13-3-7-14(8-4-13)30-25(32)20-16-11-17(21(20)26(30)33)22-19(16)18(12-5-9-15(31)10-6-12)23-24(37-22)29-28(36)38-23/h3-10,16-22,31H,2,11H2,1H3,(H,29,36). The lowest BCUT2D eigenvalue weighted by molar-refractivity contribution is -0.123. The Bertz CT molecular complexity index is 1530. The molecule has 7 nitrogen and oxygen atoms in total. The molecule has 2 aliphatic carbocycles. The molecular weight excluding hydrogens is 541 g/mol. The van der Waals surface area contributed by atoms with Crippen molar-refractivity contribution in [3.05, 3.63) is 68.5 Å². The summed E-state index contributed by atoms with van der Waals surface area (Å²) >= 11 is 8.86. The molecule has 10 heteroatoms. The van der Waals surface area contributed by atoms with Gasteiger partial charge in [-0.2, -0.15) is 0 Å². The van der Waals surface area contributed by atoms with Crippen molar-refractivity contribution in [2.75, 3.05) is 11.5 Å². The molecule has 2 aromatic carbocycles. The number of thioether (sulfide) groups is 1. The number of phenols is 1. The molecule has 2 N–H and O–H groups in total. The van der Waals surface area contributed by atoms with Crippen LogP contribution in [0.5, 0.6) is 5.75 Å². The van der Waals surface area contributed by atoms with Gasteiger partial charge >= 0.3 is 5.97 Å². The molecule has 1 saturated heterocycles. The van der Waals surface area contributed by atoms with Gasteiger partial charge in [-0.1, -0.05) is 12.1 Å². The molecule has 2 bridgehead atoms. The Morgan fingerprint density at radius 2 is 1.76 bits per heavy atom. The summed E-state index contributed by atoms with van der Waals surface area (Å²) in [6.45, 7) is 2.02. The van der Waals surface area contributed by atoms with Crippen molar-refractivity contribution >= 4 is 58.8 Å². The van der Waals surface area contributed by atoms with Gasteiger partial charge in [-0.3, -0.25) is 14.5 Å². The number of aromatic amines is 1. The number of imide groups is 1. The van der Waals surface area contributed by atoms with Crippen LogP contribution in [0.4, 0.5) is 5.69 Å². The zero-order chi connectivity index (χ0) is 26.3. The minimum atomic E-state index is -0.430. The van der Waals surface area contributed by atoms with E-state index in [4.69, 9.17) is 17.0 Å². The average Bonchev–Trinajstić information content (AvgIpc) is 3.64. The molecular formula is C28H24N2O5S3. The van der Waals surface area contributed by atoms with Gasteiger partial charge < -0.3 is 14.8 Å². The molecule has 194 valence electrons. The number of carbonyl (C=O) groups is 3. The number of fused-ring (bicyclic) bond motifs is 9. The third kappa shape index (κ3) is 3.39. The summed E-state index contributed by atoms with van der Waals surface area (Å²) in [6.07, 6.45) is 0.856. The first-order valence-electron chi connectivity index (χ1n) is 12.7. The predicted octanol–water partition coefficient (Wildman–Crippen LogP) is 5.37. The maximum Gasteiger partial charge on any atom is 0.338 e. The molecule has 3 fully saturated rings. The molecule has 7 rings (SSSR count). The van der Waals surface area contributed by atoms with E-state index in [9.17, 15) is 19.5 Å². The number of H-pyrrole nitrogens is 1. The fraction of sp³-hybridized carbons (Fsp3) is 0.357. The molecule has 4 aliphatic rings. The molecule has 3 heterocycles. The van der Waals surface area contributed by atoms with Gasteiger partial charge in [-0.25, -0.2) is 4.79 Å². The van der Waals surface area contributed by atoms with Gasteiger partial charge in [0.15, 0.2) is 3.95 Å². The summed E-state index contributed by atoms with van der Waals surface area (Å²) in [6, 6.07) is 13.9. The summed E-state index contributed by atoms with van der Waals surface area (Å²) in [5, 5.41) is 11.2. The van der Waals surface area contributed by atoms with Crippen LogP contribution < -0.4 is 4.90 Å². The minimum Gasteiger partial charge on any atom is -0.508 e. The molecule has 38 heavy (non-hydrogen) atoms. The van der Waals surface area contributed by atoms with Crippen LogP contribution in [0.25, 0.3) is 0 Å². The number of nitrogens with zero attached hydrogens (tertiary/aromatic N) is 1. The lowest BCUT2D eigenvalue weighted by Gasteiger charge is -2.43. The van der Waals surface area contributed by atoms with Crippen LogP contribution in [0, 0.1) is 33.5 Å². The van der Waals surface area contributed by atoms with Gasteiger partial charge in [0, 0.05) is 16.0 Å². The maximum atomic E-state index is 13.9. The zero-order valence-corrected chi connectivity index (χ0v) is 22.8. The van der Waals surface area contributed by atoms with E-state index in [1.54, 1.807) is 66.4 Å². The van der Waals surface area contributed by atoms with E-state index in [2.05, 4.69) is 4.98 Å². The monoisotopic (exact) mass is 564 g/mol. The van der Waals surface area contributed by atoms with Crippen LogP contribution in [-0.4, -0.2) is 39.7 Å². The number of esters is 1. The number of aromatic hydroxyl groups is 1. The van der Waals surface area contributed by atoms with Crippen LogP contribution >= 0.6 is 35.3 Å². The number of rotatable bonds is 4. The molecule has 7 unspecified atom stereocenters. The van der Waals surface area contributed by atoms with Crippen molar-refractivity contribution < 1.29 is 24.2 Å². The van der Waals surface area contributed by atoms with Crippen molar-refractivity contribution in [2.24, 2.45) is 29.6 Å². The number of thiazole rings is 1. The van der Waals surface area contributed by atoms with Crippen molar-refractivity contribution in [1.82, 2.24) is 4.98 Å². The number of carbonyl (C=O) groups excluding carboxylic acids is 3. The lowest BCUT2D eigenvalue weighted by atomic mass is 9.68. The molecule has 2 saturated carbocycles. The molecule has 2 aliphatic heterocycles. The quantitative estimate of drug-likeness (QED) is 0.250. The first kappa shape index (κ1) is 24.1. The van der Waals surface area contributed by atoms with Crippen molar-refractivity contribution in [3.63, 3.8) is 0 Å². The fourth-order valence-corrected chi connectivity index (χ4v) is 10.6. The number of ether oxygens (including phenoxy) is 1. The third-order valence-electron chi connectivity index (χ3n) is 8.61. The Labute approximate surface area is 232 Å². The summed E-state index contributed by atoms with van der Waals surface area (Å²) in [4.78, 5) is 45.6. The topological polar surface area (TPSA) is 99.7 Å². The highest BCUT2D eigenvalue weighted by Crippen LogP contribution is 2.69. The van der Waals surface area contributed by atoms with Gasteiger partial charge in [0.1, 0.15) is 5.75 Å². The first-order chi connectivity index (χ1) is 18.4. The van der Waals surface area contributed by atoms with Crippen molar-refractivity contribution in [1.29, 1.82) is 0 Å². The van der Waals surface area contributed by atoms with Crippen molar-refractivity contribution in [3.8, 4) is 5.75 Å². The summed E-state index contributed by atoms with van der Waals surface area (Å²) in [7, 11) is 0. The number of nitrogens with one attached hydrogen (secondary N) is 1. The Kier molecular flexibility index (Phi) is 5.58. The number of anilines is 1. The molecule has 2 amide bonds. The van der Waals surface area contributed by atoms with Gasteiger partial charge in [0.25, 0.3) is 0 Å². The second-order valence-corrected chi connectivity index (χ2v) is 13.2. The van der Waals surface area contributed by atoms with Crippen LogP contribution in [0.15, 0.2) is 53.6 Å². The number of hydrogen-bond donors (Lipinski definition) is 2. The van der Waals surface area contributed by atoms with Gasteiger partial charge in [-0.15, -0.1) is 23.1 Å². The fourth-order valence-electron chi connectivity index (χ4n) is 7.29. The van der Waals surface area contributed by atoms with E-state index in [1.807, 2.05) is 12.1 Å². The smallest absolute Gasteiger partial charge is 0.338 e. The van der Waals surface area contributed by atoms with Crippen molar-refractivity contribution in [2.45, 2.75) is 29.5 Å². The number of amides is 2. The molecule has 0 spiro atoms. The van der Waals surface area contributed by atoms with Gasteiger partial charge in [-0.05, 0) is 85.3 Å². The average molecular weight is 565 g/mol. The molecule has 3 aromatic rings. The van der Waals surface area contributed by atoms with E-state index in [0.29, 0.717) is 11.3 Å². The highest BCUT2D eigenvalue weighted by Gasteiger charge is 2.69. The molecule has 0 radical (unpaired) electrons. The Balaban J connectivity index is 1.25. The van der Waals surface area contributed by atoms with Crippen LogP contribution in [0.3, 0.4) is 0 Å². The predicted molar refractivity (Wildman–Crippen MR) is 146 cm³/mol. The number of benzene rings is 2. The third-order valence-corrected chi connectivity index (χ3v) is 11.6. The van der Waals surface area contributed by atoms with Gasteiger partial charge in [0.2, 0.25) is 11.8 Å². The SMILES string of the molecule is CCOC(=O)c1ccc(N2C(=O)C3C4CC(C3C2=O)C2C(c3ccc(O)cc3)c3sc(=S)[nH]c3SC42)cc1. The Hall–Kier alpha value is -2.95. The number of hydrogen-bond acceptors (Lipinski definition) is 8. The second kappa shape index (κ2) is 8.79. The van der Waals surface area contributed by atoms with Crippen LogP contribution in [-0.2, 0) is 14.3 Å². The summed E-state index contributed by atoms with van der Waals surface area (Å²) in [5.74, 6) is -0.786. The highest BCUT2D eigenvalue weighted by molar-refractivity contribution is 8.00. The molecule has 1 aromatic heterocycles. The summed E-state index contributed by atoms with van der Waals surface area (Å²) < 4.78 is 5.78. The number of aromatic nitrogens is 1. The first-order valence-corrected chi connectivity index (χ1v) is 14.8. The van der Waals surface area contributed by atoms with Gasteiger partial charge in [0.05, 0.1) is 34.7 Å². The largest absolute Gasteiger partial charge is 0.508 e. The van der Waals surface area contributed by atoms with E-state index < -0.39 is 5.97 Å². The van der Waals surface area contributed by atoms with E-state index in [0.717, 1.165) is 21.0 Å². The lowest BCUT2D eigenvalue weighted by Crippen LogP contribution is -2.42.